The van der Waals surface area contributed by atoms with Crippen LogP contribution in [0.2, 0.25) is 0 Å². The molecule has 0 radical (unpaired) electrons. The third-order valence-electron chi connectivity index (χ3n) is 2.07. The molecule has 0 aliphatic rings. The number of benzene rings is 1. The van der Waals surface area contributed by atoms with Crippen LogP contribution in [0.5, 0.6) is 0 Å². The number of amides is 2. The Morgan fingerprint density at radius 1 is 1.31 bits per heavy atom. The topological polar surface area (TPSA) is 67.2 Å². The summed E-state index contributed by atoms with van der Waals surface area (Å²) < 4.78 is 0. The van der Waals surface area contributed by atoms with Gasteiger partial charge in [0.25, 0.3) is 0 Å². The van der Waals surface area contributed by atoms with Gasteiger partial charge < -0.3 is 16.4 Å². The Bertz CT molecular complexity index is 389. The molecular formula is C11H15N3OS. The second-order valence-electron chi connectivity index (χ2n) is 3.93. The molecule has 0 heterocycles. The van der Waals surface area contributed by atoms with Crippen molar-refractivity contribution in [3.63, 3.8) is 0 Å². The van der Waals surface area contributed by atoms with Gasteiger partial charge in [-0.15, -0.1) is 0 Å². The number of hydrogen-bond donors (Lipinski definition) is 3. The van der Waals surface area contributed by atoms with Gasteiger partial charge in [0.1, 0.15) is 0 Å². The number of thiocarbonyl (C=S) groups is 1. The highest BCUT2D eigenvalue weighted by Gasteiger charge is 2.23. The molecule has 4 nitrogen and oxygen atoms in total. The number of hydrogen-bond acceptors (Lipinski definition) is 2. The summed E-state index contributed by atoms with van der Waals surface area (Å²) in [6.45, 7) is 3.50. The van der Waals surface area contributed by atoms with E-state index in [1.54, 1.807) is 26.0 Å². The normalized spacial score (nSPS) is 10.6. The van der Waals surface area contributed by atoms with Crippen molar-refractivity contribution in [1.29, 1.82) is 0 Å². The fourth-order valence-electron chi connectivity index (χ4n) is 1.03. The van der Waals surface area contributed by atoms with Crippen molar-refractivity contribution in [1.82, 2.24) is 5.32 Å². The van der Waals surface area contributed by atoms with Crippen LogP contribution in [0, 0.1) is 0 Å². The van der Waals surface area contributed by atoms with E-state index >= 15 is 0 Å². The maximum atomic E-state index is 11.6. The van der Waals surface area contributed by atoms with Crippen molar-refractivity contribution in [2.75, 3.05) is 5.32 Å². The van der Waals surface area contributed by atoms with Gasteiger partial charge in [-0.2, -0.15) is 0 Å². The van der Waals surface area contributed by atoms with E-state index < -0.39 is 5.54 Å². The summed E-state index contributed by atoms with van der Waals surface area (Å²) in [7, 11) is 0. The van der Waals surface area contributed by atoms with Crippen molar-refractivity contribution in [2.45, 2.75) is 19.4 Å². The van der Waals surface area contributed by atoms with Crippen LogP contribution in [0.25, 0.3) is 0 Å². The summed E-state index contributed by atoms with van der Waals surface area (Å²) in [5, 5.41) is 5.38. The van der Waals surface area contributed by atoms with Crippen LogP contribution in [-0.4, -0.2) is 16.6 Å². The van der Waals surface area contributed by atoms with Gasteiger partial charge in [-0.3, -0.25) is 0 Å². The average Bonchev–Trinajstić information content (AvgIpc) is 2.17. The SMILES string of the molecule is CC(C)(NC(=O)Nc1ccccc1)C(N)=S. The number of nitrogens with one attached hydrogen (secondary N) is 2. The van der Waals surface area contributed by atoms with Gasteiger partial charge in [-0.1, -0.05) is 30.4 Å². The van der Waals surface area contributed by atoms with Crippen LogP contribution in [0.1, 0.15) is 13.8 Å². The Balaban J connectivity index is 2.58. The highest BCUT2D eigenvalue weighted by molar-refractivity contribution is 7.80. The zero-order chi connectivity index (χ0) is 12.2. The summed E-state index contributed by atoms with van der Waals surface area (Å²) in [5.41, 5.74) is 5.52. The molecule has 0 aliphatic heterocycles. The average molecular weight is 237 g/mol. The molecule has 0 saturated carbocycles. The van der Waals surface area contributed by atoms with Crippen LogP contribution in [-0.2, 0) is 0 Å². The predicted molar refractivity (Wildman–Crippen MR) is 69.5 cm³/mol. The van der Waals surface area contributed by atoms with Gasteiger partial charge in [-0.25, -0.2) is 4.79 Å². The first-order chi connectivity index (χ1) is 7.42. The lowest BCUT2D eigenvalue weighted by atomic mass is 10.1. The molecule has 0 saturated heterocycles. The first-order valence-electron chi connectivity index (χ1n) is 4.86. The lowest BCUT2D eigenvalue weighted by Crippen LogP contribution is -2.53. The molecule has 1 rings (SSSR count). The third kappa shape index (κ3) is 3.51. The second-order valence-corrected chi connectivity index (χ2v) is 4.37. The van der Waals surface area contributed by atoms with Crippen LogP contribution >= 0.6 is 12.2 Å². The molecule has 0 aliphatic carbocycles. The minimum absolute atomic E-state index is 0.246. The molecule has 16 heavy (non-hydrogen) atoms. The van der Waals surface area contributed by atoms with E-state index in [9.17, 15) is 4.79 Å². The standard InChI is InChI=1S/C11H15N3OS/c1-11(2,9(12)16)14-10(15)13-8-6-4-3-5-7-8/h3-7H,1-2H3,(H2,12,16)(H2,13,14,15). The molecule has 1 aromatic carbocycles. The number of para-hydroxylation sites is 1. The Kier molecular flexibility index (Phi) is 3.84. The fraction of sp³-hybridized carbons (Fsp3) is 0.273. The molecular weight excluding hydrogens is 222 g/mol. The van der Waals surface area contributed by atoms with E-state index in [1.165, 1.54) is 0 Å². The van der Waals surface area contributed by atoms with E-state index in [0.717, 1.165) is 5.69 Å². The number of carbonyl (C=O) groups excluding carboxylic acids is 1. The highest BCUT2D eigenvalue weighted by Crippen LogP contribution is 2.06. The summed E-state index contributed by atoms with van der Waals surface area (Å²) in [4.78, 5) is 11.8. The van der Waals surface area contributed by atoms with Gasteiger partial charge in [0.05, 0.1) is 10.5 Å². The molecule has 4 N–H and O–H groups in total. The van der Waals surface area contributed by atoms with E-state index in [2.05, 4.69) is 10.6 Å². The smallest absolute Gasteiger partial charge is 0.319 e. The van der Waals surface area contributed by atoms with Gasteiger partial charge in [0.2, 0.25) is 0 Å². The molecule has 0 aromatic heterocycles. The molecule has 0 atom stereocenters. The molecule has 5 heteroatoms. The van der Waals surface area contributed by atoms with E-state index in [4.69, 9.17) is 18.0 Å². The minimum atomic E-state index is -0.700. The van der Waals surface area contributed by atoms with Crippen LogP contribution in [0.15, 0.2) is 30.3 Å². The highest BCUT2D eigenvalue weighted by atomic mass is 32.1. The Morgan fingerprint density at radius 3 is 2.38 bits per heavy atom. The van der Waals surface area contributed by atoms with Crippen molar-refractivity contribution < 1.29 is 4.79 Å². The van der Waals surface area contributed by atoms with Crippen molar-refractivity contribution >= 4 is 28.9 Å². The monoisotopic (exact) mass is 237 g/mol. The van der Waals surface area contributed by atoms with E-state index in [0.29, 0.717) is 0 Å². The Morgan fingerprint density at radius 2 is 1.88 bits per heavy atom. The fourth-order valence-corrected chi connectivity index (χ4v) is 1.08. The molecule has 86 valence electrons. The summed E-state index contributed by atoms with van der Waals surface area (Å²) in [6, 6.07) is 8.83. The zero-order valence-corrected chi connectivity index (χ0v) is 10.1. The lowest BCUT2D eigenvalue weighted by Gasteiger charge is -2.24. The first kappa shape index (κ1) is 12.4. The maximum absolute atomic E-state index is 11.6. The molecule has 2 amide bonds. The molecule has 1 aromatic rings. The van der Waals surface area contributed by atoms with Crippen LogP contribution in [0.3, 0.4) is 0 Å². The first-order valence-corrected chi connectivity index (χ1v) is 5.27. The number of urea groups is 1. The number of carbonyl (C=O) groups is 1. The van der Waals surface area contributed by atoms with Gasteiger partial charge >= 0.3 is 6.03 Å². The largest absolute Gasteiger partial charge is 0.391 e. The van der Waals surface area contributed by atoms with Crippen molar-refractivity contribution in [3.8, 4) is 0 Å². The Labute approximate surface area is 100 Å². The van der Waals surface area contributed by atoms with Gasteiger partial charge in [0.15, 0.2) is 0 Å². The lowest BCUT2D eigenvalue weighted by molar-refractivity contribution is 0.247. The van der Waals surface area contributed by atoms with Crippen LogP contribution in [0.4, 0.5) is 10.5 Å². The van der Waals surface area contributed by atoms with Gasteiger partial charge in [0, 0.05) is 5.69 Å². The second kappa shape index (κ2) is 4.94. The van der Waals surface area contributed by atoms with Crippen molar-refractivity contribution in [3.05, 3.63) is 30.3 Å². The number of rotatable bonds is 3. The zero-order valence-electron chi connectivity index (χ0n) is 9.28. The summed E-state index contributed by atoms with van der Waals surface area (Å²) in [5.74, 6) is 0. The predicted octanol–water partition coefficient (Wildman–Crippen LogP) is 1.87. The number of anilines is 1. The number of nitrogens with two attached hydrogens (primary N) is 1. The van der Waals surface area contributed by atoms with Crippen LogP contribution < -0.4 is 16.4 Å². The third-order valence-corrected chi connectivity index (χ3v) is 2.58. The Hall–Kier alpha value is -1.62. The van der Waals surface area contributed by atoms with E-state index in [1.807, 2.05) is 18.2 Å². The van der Waals surface area contributed by atoms with Crippen molar-refractivity contribution in [2.24, 2.45) is 5.73 Å². The molecule has 0 bridgehead atoms. The summed E-state index contributed by atoms with van der Waals surface area (Å²) >= 11 is 4.85. The van der Waals surface area contributed by atoms with E-state index in [-0.39, 0.29) is 11.0 Å². The minimum Gasteiger partial charge on any atom is -0.391 e. The summed E-state index contributed by atoms with van der Waals surface area (Å²) in [6.07, 6.45) is 0. The molecule has 0 spiro atoms. The molecule has 0 unspecified atom stereocenters. The maximum Gasteiger partial charge on any atom is 0.319 e. The molecule has 0 fully saturated rings. The van der Waals surface area contributed by atoms with Gasteiger partial charge in [-0.05, 0) is 26.0 Å². The quantitative estimate of drug-likeness (QED) is 0.703.